The third-order valence-corrected chi connectivity index (χ3v) is 3.64. The van der Waals surface area contributed by atoms with E-state index >= 15 is 0 Å². The second-order valence-corrected chi connectivity index (χ2v) is 5.19. The molecule has 0 radical (unpaired) electrons. The molecule has 2 heterocycles. The number of ketones is 1. The highest BCUT2D eigenvalue weighted by molar-refractivity contribution is 7.11. The average Bonchev–Trinajstić information content (AvgIpc) is 2.84. The van der Waals surface area contributed by atoms with E-state index in [0.29, 0.717) is 23.8 Å². The molecule has 100 valence electrons. The van der Waals surface area contributed by atoms with Crippen molar-refractivity contribution in [3.63, 3.8) is 0 Å². The Morgan fingerprint density at radius 3 is 2.68 bits per heavy atom. The van der Waals surface area contributed by atoms with Crippen LogP contribution in [0.15, 0.2) is 6.20 Å². The van der Waals surface area contributed by atoms with E-state index in [1.165, 1.54) is 6.92 Å². The monoisotopic (exact) mass is 277 g/mol. The van der Waals surface area contributed by atoms with Crippen molar-refractivity contribution in [1.82, 2.24) is 20.2 Å². The molecule has 2 aromatic rings. The van der Waals surface area contributed by atoms with Crippen LogP contribution in [-0.4, -0.2) is 25.9 Å². The van der Waals surface area contributed by atoms with E-state index in [1.807, 2.05) is 6.92 Å². The molecule has 0 aromatic carbocycles. The lowest BCUT2D eigenvalue weighted by Crippen LogP contribution is -2.07. The normalized spacial score (nSPS) is 10.5. The standard InChI is InChI=1S/C12H15N5OS/c1-4-10-16-17-11(19-10)6-14-12-13-5-9(8(3)18)7(2)15-12/h5H,4,6H2,1-3H3,(H,13,14,15). The van der Waals surface area contributed by atoms with Gasteiger partial charge in [-0.25, -0.2) is 9.97 Å². The Hall–Kier alpha value is -1.89. The van der Waals surface area contributed by atoms with Gasteiger partial charge in [0.15, 0.2) is 5.78 Å². The summed E-state index contributed by atoms with van der Waals surface area (Å²) >= 11 is 1.57. The van der Waals surface area contributed by atoms with Gasteiger partial charge < -0.3 is 5.32 Å². The third-order valence-electron chi connectivity index (χ3n) is 2.57. The summed E-state index contributed by atoms with van der Waals surface area (Å²) in [6, 6.07) is 0. The average molecular weight is 277 g/mol. The molecule has 0 fully saturated rings. The Labute approximate surface area is 115 Å². The summed E-state index contributed by atoms with van der Waals surface area (Å²) in [5.41, 5.74) is 1.23. The predicted octanol–water partition coefficient (Wildman–Crippen LogP) is 2.01. The molecule has 6 nitrogen and oxygen atoms in total. The maximum absolute atomic E-state index is 11.3. The number of aryl methyl sites for hydroxylation is 2. The van der Waals surface area contributed by atoms with Crippen LogP contribution in [0.5, 0.6) is 0 Å². The van der Waals surface area contributed by atoms with Gasteiger partial charge in [0, 0.05) is 6.20 Å². The van der Waals surface area contributed by atoms with Gasteiger partial charge in [0.25, 0.3) is 0 Å². The highest BCUT2D eigenvalue weighted by atomic mass is 32.1. The van der Waals surface area contributed by atoms with Crippen molar-refractivity contribution < 1.29 is 4.79 Å². The minimum absolute atomic E-state index is 0.0271. The molecule has 19 heavy (non-hydrogen) atoms. The maximum Gasteiger partial charge on any atom is 0.223 e. The molecule has 0 aliphatic heterocycles. The molecule has 0 aliphatic carbocycles. The number of nitrogens with one attached hydrogen (secondary N) is 1. The molecule has 2 rings (SSSR count). The van der Waals surface area contributed by atoms with Crippen LogP contribution in [-0.2, 0) is 13.0 Å². The van der Waals surface area contributed by atoms with Gasteiger partial charge in [0.2, 0.25) is 5.95 Å². The quantitative estimate of drug-likeness (QED) is 0.842. The van der Waals surface area contributed by atoms with Crippen LogP contribution in [0.1, 0.15) is 39.9 Å². The number of hydrogen-bond donors (Lipinski definition) is 1. The van der Waals surface area contributed by atoms with E-state index in [9.17, 15) is 4.79 Å². The van der Waals surface area contributed by atoms with E-state index in [2.05, 4.69) is 25.5 Å². The molecule has 0 aliphatic rings. The SMILES string of the molecule is CCc1nnc(CNc2ncc(C(C)=O)c(C)n2)s1. The maximum atomic E-state index is 11.3. The van der Waals surface area contributed by atoms with Crippen molar-refractivity contribution in [1.29, 1.82) is 0 Å². The fourth-order valence-electron chi connectivity index (χ4n) is 1.56. The van der Waals surface area contributed by atoms with Gasteiger partial charge in [0.05, 0.1) is 17.8 Å². The lowest BCUT2D eigenvalue weighted by Gasteiger charge is -2.05. The van der Waals surface area contributed by atoms with Crippen LogP contribution in [0.3, 0.4) is 0 Å². The summed E-state index contributed by atoms with van der Waals surface area (Å²) in [7, 11) is 0. The number of rotatable bonds is 5. The van der Waals surface area contributed by atoms with Crippen LogP contribution in [0.2, 0.25) is 0 Å². The number of anilines is 1. The molecule has 0 bridgehead atoms. The Kier molecular flexibility index (Phi) is 4.16. The topological polar surface area (TPSA) is 80.7 Å². The number of nitrogens with zero attached hydrogens (tertiary/aromatic N) is 4. The van der Waals surface area contributed by atoms with Crippen LogP contribution in [0, 0.1) is 6.92 Å². The van der Waals surface area contributed by atoms with E-state index in [0.717, 1.165) is 16.4 Å². The molecule has 0 saturated carbocycles. The zero-order chi connectivity index (χ0) is 13.8. The summed E-state index contributed by atoms with van der Waals surface area (Å²) in [6.07, 6.45) is 2.44. The molecule has 7 heteroatoms. The Balaban J connectivity index is 2.03. The largest absolute Gasteiger partial charge is 0.348 e. The smallest absolute Gasteiger partial charge is 0.223 e. The molecule has 0 saturated heterocycles. The van der Waals surface area contributed by atoms with Gasteiger partial charge in [-0.1, -0.05) is 18.3 Å². The van der Waals surface area contributed by atoms with Gasteiger partial charge >= 0.3 is 0 Å². The molecule has 0 atom stereocenters. The first kappa shape index (κ1) is 13.5. The van der Waals surface area contributed by atoms with E-state index in [4.69, 9.17) is 0 Å². The highest BCUT2D eigenvalue weighted by Gasteiger charge is 2.08. The van der Waals surface area contributed by atoms with E-state index < -0.39 is 0 Å². The second kappa shape index (κ2) is 5.83. The van der Waals surface area contributed by atoms with Gasteiger partial charge in [0.1, 0.15) is 10.0 Å². The van der Waals surface area contributed by atoms with Crippen molar-refractivity contribution in [2.45, 2.75) is 33.7 Å². The van der Waals surface area contributed by atoms with Crippen LogP contribution in [0.25, 0.3) is 0 Å². The van der Waals surface area contributed by atoms with Crippen LogP contribution < -0.4 is 5.32 Å². The molecule has 0 amide bonds. The number of Topliss-reactive ketones (excluding diaryl/α,β-unsaturated/α-hetero) is 1. The first-order valence-electron chi connectivity index (χ1n) is 6.00. The van der Waals surface area contributed by atoms with Crippen molar-refractivity contribution in [2.75, 3.05) is 5.32 Å². The Morgan fingerprint density at radius 1 is 1.37 bits per heavy atom. The third kappa shape index (κ3) is 3.31. The van der Waals surface area contributed by atoms with Gasteiger partial charge in [-0.3, -0.25) is 4.79 Å². The minimum atomic E-state index is -0.0271. The lowest BCUT2D eigenvalue weighted by atomic mass is 10.2. The number of aromatic nitrogens is 4. The van der Waals surface area contributed by atoms with E-state index in [-0.39, 0.29) is 5.78 Å². The van der Waals surface area contributed by atoms with Crippen molar-refractivity contribution >= 4 is 23.1 Å². The number of hydrogen-bond acceptors (Lipinski definition) is 7. The fraction of sp³-hybridized carbons (Fsp3) is 0.417. The van der Waals surface area contributed by atoms with Gasteiger partial charge in [-0.05, 0) is 20.3 Å². The number of carbonyl (C=O) groups excluding carboxylic acids is 1. The fourth-order valence-corrected chi connectivity index (χ4v) is 2.28. The highest BCUT2D eigenvalue weighted by Crippen LogP contribution is 2.12. The van der Waals surface area contributed by atoms with Gasteiger partial charge in [-0.15, -0.1) is 10.2 Å². The van der Waals surface area contributed by atoms with E-state index in [1.54, 1.807) is 24.5 Å². The summed E-state index contributed by atoms with van der Waals surface area (Å²) in [6.45, 7) is 5.89. The predicted molar refractivity (Wildman–Crippen MR) is 73.4 cm³/mol. The Morgan fingerprint density at radius 2 is 2.11 bits per heavy atom. The zero-order valence-corrected chi connectivity index (χ0v) is 11.9. The molecule has 1 N–H and O–H groups in total. The molecular formula is C12H15N5OS. The summed E-state index contributed by atoms with van der Waals surface area (Å²) in [4.78, 5) is 19.6. The van der Waals surface area contributed by atoms with Crippen molar-refractivity contribution in [3.05, 3.63) is 27.5 Å². The van der Waals surface area contributed by atoms with Crippen LogP contribution >= 0.6 is 11.3 Å². The molecule has 0 unspecified atom stereocenters. The van der Waals surface area contributed by atoms with Crippen molar-refractivity contribution in [2.24, 2.45) is 0 Å². The number of carbonyl (C=O) groups is 1. The first-order chi connectivity index (χ1) is 9.10. The molecule has 0 spiro atoms. The zero-order valence-electron chi connectivity index (χ0n) is 11.1. The first-order valence-corrected chi connectivity index (χ1v) is 6.81. The molecule has 2 aromatic heterocycles. The van der Waals surface area contributed by atoms with Crippen LogP contribution in [0.4, 0.5) is 5.95 Å². The van der Waals surface area contributed by atoms with Crippen molar-refractivity contribution in [3.8, 4) is 0 Å². The summed E-state index contributed by atoms with van der Waals surface area (Å²) in [5, 5.41) is 13.1. The summed E-state index contributed by atoms with van der Waals surface area (Å²) < 4.78 is 0. The lowest BCUT2D eigenvalue weighted by molar-refractivity contribution is 0.101. The minimum Gasteiger partial charge on any atom is -0.348 e. The second-order valence-electron chi connectivity index (χ2n) is 4.05. The summed E-state index contributed by atoms with van der Waals surface area (Å²) in [5.74, 6) is 0.469. The Bertz CT molecular complexity index is 596. The molecular weight excluding hydrogens is 262 g/mol. The van der Waals surface area contributed by atoms with Gasteiger partial charge in [-0.2, -0.15) is 0 Å².